The van der Waals surface area contributed by atoms with Gasteiger partial charge in [0.15, 0.2) is 11.6 Å². The van der Waals surface area contributed by atoms with Crippen LogP contribution in [0.1, 0.15) is 59.5 Å². The quantitative estimate of drug-likeness (QED) is 0.669. The molecule has 136 valence electrons. The first kappa shape index (κ1) is 18.2. The highest BCUT2D eigenvalue weighted by atomic mass is 16.1. The first-order chi connectivity index (χ1) is 12.5. The first-order valence-electron chi connectivity index (χ1n) is 9.42. The van der Waals surface area contributed by atoms with Crippen LogP contribution in [-0.4, -0.2) is 37.7 Å². The zero-order valence-corrected chi connectivity index (χ0v) is 16.0. The lowest BCUT2D eigenvalue weighted by atomic mass is 9.83. The molecule has 0 fully saturated rings. The molecule has 2 aromatic carbocycles. The molecule has 0 aromatic heterocycles. The molecule has 0 atom stereocenters. The molecule has 0 radical (unpaired) electrons. The Kier molecular flexibility index (Phi) is 5.12. The SMILES string of the molecule is CCN(CC)c1ccc2c(c1)C(=O)c1ccc(N(CC)CC)cc1C2=O. The van der Waals surface area contributed by atoms with Crippen molar-refractivity contribution in [2.24, 2.45) is 0 Å². The van der Waals surface area contributed by atoms with Crippen molar-refractivity contribution in [1.29, 1.82) is 0 Å². The summed E-state index contributed by atoms with van der Waals surface area (Å²) >= 11 is 0. The molecule has 4 nitrogen and oxygen atoms in total. The highest BCUT2D eigenvalue weighted by Gasteiger charge is 2.30. The van der Waals surface area contributed by atoms with Crippen molar-refractivity contribution in [1.82, 2.24) is 0 Å². The molecular weight excluding hydrogens is 324 g/mol. The number of fused-ring (bicyclic) bond motifs is 2. The van der Waals surface area contributed by atoms with Crippen LogP contribution in [0.4, 0.5) is 11.4 Å². The van der Waals surface area contributed by atoms with Gasteiger partial charge in [0.2, 0.25) is 0 Å². The van der Waals surface area contributed by atoms with Crippen molar-refractivity contribution in [3.05, 3.63) is 58.7 Å². The Balaban J connectivity index is 2.08. The predicted molar refractivity (Wildman–Crippen MR) is 107 cm³/mol. The Bertz CT molecular complexity index is 778. The minimum atomic E-state index is -0.0605. The van der Waals surface area contributed by atoms with Crippen molar-refractivity contribution < 1.29 is 9.59 Å². The second kappa shape index (κ2) is 7.32. The van der Waals surface area contributed by atoms with E-state index in [1.165, 1.54) is 0 Å². The van der Waals surface area contributed by atoms with Crippen LogP contribution in [0, 0.1) is 0 Å². The van der Waals surface area contributed by atoms with Crippen LogP contribution < -0.4 is 9.80 Å². The van der Waals surface area contributed by atoms with Gasteiger partial charge >= 0.3 is 0 Å². The molecule has 0 spiro atoms. The van der Waals surface area contributed by atoms with E-state index in [2.05, 4.69) is 37.5 Å². The standard InChI is InChI=1S/C22H26N2O2/c1-5-23(6-2)15-9-11-17-19(13-15)21(25)18-12-10-16(24(7-3)8-4)14-20(18)22(17)26/h9-14H,5-8H2,1-4H3. The lowest BCUT2D eigenvalue weighted by Gasteiger charge is -2.26. The zero-order chi connectivity index (χ0) is 18.8. The smallest absolute Gasteiger partial charge is 0.194 e. The zero-order valence-electron chi connectivity index (χ0n) is 16.0. The lowest BCUT2D eigenvalue weighted by molar-refractivity contribution is 0.0979. The largest absolute Gasteiger partial charge is 0.372 e. The summed E-state index contributed by atoms with van der Waals surface area (Å²) in [7, 11) is 0. The van der Waals surface area contributed by atoms with Gasteiger partial charge in [0, 0.05) is 59.8 Å². The lowest BCUT2D eigenvalue weighted by Crippen LogP contribution is -2.26. The van der Waals surface area contributed by atoms with Gasteiger partial charge in [0.1, 0.15) is 0 Å². The van der Waals surface area contributed by atoms with Gasteiger partial charge in [-0.2, -0.15) is 0 Å². The number of carbonyl (C=O) groups is 2. The van der Waals surface area contributed by atoms with Gasteiger partial charge in [-0.25, -0.2) is 0 Å². The van der Waals surface area contributed by atoms with Gasteiger partial charge in [0.05, 0.1) is 0 Å². The average molecular weight is 350 g/mol. The third-order valence-electron chi connectivity index (χ3n) is 5.24. The third-order valence-corrected chi connectivity index (χ3v) is 5.24. The molecule has 4 heteroatoms. The molecule has 26 heavy (non-hydrogen) atoms. The summed E-state index contributed by atoms with van der Waals surface area (Å²) < 4.78 is 0. The number of nitrogens with zero attached hydrogens (tertiary/aromatic N) is 2. The van der Waals surface area contributed by atoms with Gasteiger partial charge in [-0.3, -0.25) is 9.59 Å². The average Bonchev–Trinajstić information content (AvgIpc) is 2.68. The van der Waals surface area contributed by atoms with E-state index in [-0.39, 0.29) is 11.6 Å². The van der Waals surface area contributed by atoms with E-state index in [0.29, 0.717) is 22.3 Å². The number of hydrogen-bond acceptors (Lipinski definition) is 4. The molecule has 0 heterocycles. The summed E-state index contributed by atoms with van der Waals surface area (Å²) in [6.07, 6.45) is 0. The summed E-state index contributed by atoms with van der Waals surface area (Å²) in [5.74, 6) is -0.121. The summed E-state index contributed by atoms with van der Waals surface area (Å²) in [4.78, 5) is 30.4. The molecule has 3 rings (SSSR count). The van der Waals surface area contributed by atoms with E-state index in [0.717, 1.165) is 37.6 Å². The maximum absolute atomic E-state index is 13.0. The second-order valence-corrected chi connectivity index (χ2v) is 6.46. The molecule has 0 saturated carbocycles. The number of hydrogen-bond donors (Lipinski definition) is 0. The normalized spacial score (nSPS) is 12.6. The Morgan fingerprint density at radius 3 is 1.23 bits per heavy atom. The van der Waals surface area contributed by atoms with Gasteiger partial charge in [0.25, 0.3) is 0 Å². The molecule has 1 aliphatic carbocycles. The van der Waals surface area contributed by atoms with Crippen LogP contribution >= 0.6 is 0 Å². The van der Waals surface area contributed by atoms with Crippen molar-refractivity contribution in [2.75, 3.05) is 36.0 Å². The Morgan fingerprint density at radius 1 is 0.577 bits per heavy atom. The number of carbonyl (C=O) groups excluding carboxylic acids is 2. The molecule has 0 aliphatic heterocycles. The highest BCUT2D eigenvalue weighted by molar-refractivity contribution is 6.28. The van der Waals surface area contributed by atoms with E-state index in [1.807, 2.05) is 24.3 Å². The first-order valence-corrected chi connectivity index (χ1v) is 9.42. The maximum Gasteiger partial charge on any atom is 0.194 e. The fraction of sp³-hybridized carbons (Fsp3) is 0.364. The van der Waals surface area contributed by atoms with Gasteiger partial charge in [-0.1, -0.05) is 0 Å². The second-order valence-electron chi connectivity index (χ2n) is 6.46. The minimum absolute atomic E-state index is 0.0605. The van der Waals surface area contributed by atoms with Crippen molar-refractivity contribution >= 4 is 22.9 Å². The number of ketones is 2. The molecule has 0 unspecified atom stereocenters. The van der Waals surface area contributed by atoms with E-state index in [1.54, 1.807) is 12.1 Å². The number of benzene rings is 2. The van der Waals surface area contributed by atoms with Crippen molar-refractivity contribution in [3.63, 3.8) is 0 Å². The van der Waals surface area contributed by atoms with Crippen LogP contribution in [0.3, 0.4) is 0 Å². The molecule has 0 amide bonds. The van der Waals surface area contributed by atoms with Crippen molar-refractivity contribution in [2.45, 2.75) is 27.7 Å². The summed E-state index contributed by atoms with van der Waals surface area (Å²) in [6, 6.07) is 11.2. The summed E-state index contributed by atoms with van der Waals surface area (Å²) in [6.45, 7) is 11.8. The van der Waals surface area contributed by atoms with Crippen molar-refractivity contribution in [3.8, 4) is 0 Å². The van der Waals surface area contributed by atoms with E-state index in [9.17, 15) is 9.59 Å². The predicted octanol–water partition coefficient (Wildman–Crippen LogP) is 4.15. The van der Waals surface area contributed by atoms with Gasteiger partial charge in [-0.05, 0) is 64.1 Å². The van der Waals surface area contributed by atoms with Crippen LogP contribution in [0.2, 0.25) is 0 Å². The van der Waals surface area contributed by atoms with Gasteiger partial charge in [-0.15, -0.1) is 0 Å². The summed E-state index contributed by atoms with van der Waals surface area (Å²) in [5, 5.41) is 0. The van der Waals surface area contributed by atoms with Gasteiger partial charge < -0.3 is 9.80 Å². The number of rotatable bonds is 6. The van der Waals surface area contributed by atoms with Crippen LogP contribution in [0.5, 0.6) is 0 Å². The van der Waals surface area contributed by atoms with Crippen LogP contribution in [0.15, 0.2) is 36.4 Å². The molecule has 1 aliphatic rings. The maximum atomic E-state index is 13.0. The Labute approximate surface area is 155 Å². The fourth-order valence-electron chi connectivity index (χ4n) is 3.70. The summed E-state index contributed by atoms with van der Waals surface area (Å²) in [5.41, 5.74) is 4.02. The molecule has 2 aromatic rings. The van der Waals surface area contributed by atoms with E-state index >= 15 is 0 Å². The fourth-order valence-corrected chi connectivity index (χ4v) is 3.70. The van der Waals surface area contributed by atoms with E-state index < -0.39 is 0 Å². The van der Waals surface area contributed by atoms with Crippen LogP contribution in [-0.2, 0) is 0 Å². The molecule has 0 N–H and O–H groups in total. The molecule has 0 bridgehead atoms. The number of anilines is 2. The topological polar surface area (TPSA) is 40.6 Å². The van der Waals surface area contributed by atoms with Crippen LogP contribution in [0.25, 0.3) is 0 Å². The minimum Gasteiger partial charge on any atom is -0.372 e. The molecule has 0 saturated heterocycles. The Morgan fingerprint density at radius 2 is 0.923 bits per heavy atom. The van der Waals surface area contributed by atoms with E-state index in [4.69, 9.17) is 0 Å². The Hall–Kier alpha value is -2.62. The third kappa shape index (κ3) is 2.90. The molecular formula is C22H26N2O2. The monoisotopic (exact) mass is 350 g/mol. The highest BCUT2D eigenvalue weighted by Crippen LogP contribution is 2.32.